The number of hydrogen-bond donors (Lipinski definition) is 2. The summed E-state index contributed by atoms with van der Waals surface area (Å²) >= 11 is 0. The predicted molar refractivity (Wildman–Crippen MR) is 74.5 cm³/mol. The Morgan fingerprint density at radius 1 is 1.00 bits per heavy atom. The van der Waals surface area contributed by atoms with Gasteiger partial charge < -0.3 is 10.4 Å². The van der Waals surface area contributed by atoms with Crippen molar-refractivity contribution in [3.05, 3.63) is 65.7 Å². The van der Waals surface area contributed by atoms with E-state index in [2.05, 4.69) is 5.32 Å². The zero-order chi connectivity index (χ0) is 14.1. The summed E-state index contributed by atoms with van der Waals surface area (Å²) in [5.41, 5.74) is 2.36. The lowest BCUT2D eigenvalue weighted by Gasteiger charge is -2.31. The lowest BCUT2D eigenvalue weighted by molar-refractivity contribution is -0.146. The summed E-state index contributed by atoms with van der Waals surface area (Å²) in [4.78, 5) is 23.6. The number of amides is 1. The van der Waals surface area contributed by atoms with Crippen LogP contribution < -0.4 is 5.32 Å². The number of carboxylic acids is 1. The minimum atomic E-state index is -1.11. The summed E-state index contributed by atoms with van der Waals surface area (Å²) < 4.78 is 0. The maximum atomic E-state index is 12.1. The molecule has 3 rings (SSSR count). The Morgan fingerprint density at radius 3 is 2.35 bits per heavy atom. The van der Waals surface area contributed by atoms with E-state index in [1.807, 2.05) is 48.5 Å². The predicted octanol–water partition coefficient (Wildman–Crippen LogP) is 2.47. The number of rotatable bonds is 2. The molecule has 4 nitrogen and oxygen atoms in total. The first-order chi connectivity index (χ1) is 9.68. The number of anilines is 1. The average Bonchev–Trinajstić information content (AvgIpc) is 2.46. The molecule has 20 heavy (non-hydrogen) atoms. The molecule has 2 aromatic carbocycles. The van der Waals surface area contributed by atoms with E-state index in [1.54, 1.807) is 6.07 Å². The third kappa shape index (κ3) is 1.95. The normalized spacial score (nSPS) is 20.9. The number of para-hydroxylation sites is 1. The van der Waals surface area contributed by atoms with Gasteiger partial charge in [0.2, 0.25) is 5.91 Å². The highest BCUT2D eigenvalue weighted by molar-refractivity contribution is 6.08. The molecule has 0 aromatic heterocycles. The molecule has 2 unspecified atom stereocenters. The van der Waals surface area contributed by atoms with E-state index in [9.17, 15) is 14.7 Å². The van der Waals surface area contributed by atoms with Crippen LogP contribution in [0.1, 0.15) is 17.0 Å². The lowest BCUT2D eigenvalue weighted by atomic mass is 9.77. The molecule has 0 spiro atoms. The van der Waals surface area contributed by atoms with E-state index >= 15 is 0 Å². The Kier molecular flexibility index (Phi) is 2.99. The molecule has 1 aliphatic heterocycles. The summed E-state index contributed by atoms with van der Waals surface area (Å²) in [6.07, 6.45) is 0. The first-order valence-electron chi connectivity index (χ1n) is 6.36. The number of nitrogens with one attached hydrogen (secondary N) is 1. The summed E-state index contributed by atoms with van der Waals surface area (Å²) in [7, 11) is 0. The number of benzene rings is 2. The van der Waals surface area contributed by atoms with Crippen LogP contribution in [0.4, 0.5) is 5.69 Å². The van der Waals surface area contributed by atoms with Crippen molar-refractivity contribution in [2.45, 2.75) is 5.92 Å². The minimum absolute atomic E-state index is 0.460. The quantitative estimate of drug-likeness (QED) is 0.821. The van der Waals surface area contributed by atoms with Crippen LogP contribution in [0, 0.1) is 5.92 Å². The Labute approximate surface area is 116 Å². The second kappa shape index (κ2) is 4.81. The van der Waals surface area contributed by atoms with Crippen LogP contribution in [-0.4, -0.2) is 17.0 Å². The van der Waals surface area contributed by atoms with Crippen LogP contribution in [0.15, 0.2) is 54.6 Å². The van der Waals surface area contributed by atoms with Crippen molar-refractivity contribution in [3.63, 3.8) is 0 Å². The van der Waals surface area contributed by atoms with Gasteiger partial charge in [-0.05, 0) is 17.2 Å². The van der Waals surface area contributed by atoms with Crippen molar-refractivity contribution >= 4 is 17.6 Å². The van der Waals surface area contributed by atoms with Crippen molar-refractivity contribution < 1.29 is 14.7 Å². The van der Waals surface area contributed by atoms with E-state index < -0.39 is 23.7 Å². The minimum Gasteiger partial charge on any atom is -0.481 e. The molecule has 0 saturated heterocycles. The number of aliphatic carboxylic acids is 1. The van der Waals surface area contributed by atoms with Crippen molar-refractivity contribution in [2.24, 2.45) is 5.92 Å². The van der Waals surface area contributed by atoms with Crippen molar-refractivity contribution in [3.8, 4) is 0 Å². The van der Waals surface area contributed by atoms with Gasteiger partial charge in [-0.3, -0.25) is 9.59 Å². The second-order valence-corrected chi connectivity index (χ2v) is 4.78. The molecule has 1 amide bonds. The van der Waals surface area contributed by atoms with Crippen molar-refractivity contribution in [1.82, 2.24) is 0 Å². The molecule has 1 heterocycles. The van der Waals surface area contributed by atoms with Crippen LogP contribution >= 0.6 is 0 Å². The number of carboxylic acid groups (broad SMARTS) is 1. The fraction of sp³-hybridized carbons (Fsp3) is 0.125. The van der Waals surface area contributed by atoms with Crippen LogP contribution in [-0.2, 0) is 9.59 Å². The maximum Gasteiger partial charge on any atom is 0.317 e. The Bertz CT molecular complexity index is 666. The molecule has 0 bridgehead atoms. The molecule has 2 N–H and O–H groups in total. The topological polar surface area (TPSA) is 66.4 Å². The Balaban J connectivity index is 2.20. The summed E-state index contributed by atoms with van der Waals surface area (Å²) in [6.45, 7) is 0. The SMILES string of the molecule is O=C(O)C1C(=O)Nc2ccccc2C1c1ccccc1. The molecule has 0 fully saturated rings. The van der Waals surface area contributed by atoms with Crippen LogP contribution in [0.3, 0.4) is 0 Å². The van der Waals surface area contributed by atoms with E-state index in [1.165, 1.54) is 0 Å². The molecule has 0 saturated carbocycles. The van der Waals surface area contributed by atoms with Gasteiger partial charge in [0.05, 0.1) is 0 Å². The van der Waals surface area contributed by atoms with Gasteiger partial charge in [-0.2, -0.15) is 0 Å². The fourth-order valence-corrected chi connectivity index (χ4v) is 2.71. The van der Waals surface area contributed by atoms with Crippen molar-refractivity contribution in [2.75, 3.05) is 5.32 Å². The van der Waals surface area contributed by atoms with Gasteiger partial charge in [-0.15, -0.1) is 0 Å². The van der Waals surface area contributed by atoms with Crippen molar-refractivity contribution in [1.29, 1.82) is 0 Å². The summed E-state index contributed by atoms with van der Waals surface area (Å²) in [5.74, 6) is -3.14. The highest BCUT2D eigenvalue weighted by atomic mass is 16.4. The number of fused-ring (bicyclic) bond motifs is 1. The number of hydrogen-bond acceptors (Lipinski definition) is 2. The third-order valence-corrected chi connectivity index (χ3v) is 3.59. The fourth-order valence-electron chi connectivity index (χ4n) is 2.71. The zero-order valence-corrected chi connectivity index (χ0v) is 10.6. The molecular weight excluding hydrogens is 254 g/mol. The van der Waals surface area contributed by atoms with Gasteiger partial charge in [-0.25, -0.2) is 0 Å². The summed E-state index contributed by atoms with van der Waals surface area (Å²) in [5, 5.41) is 12.1. The van der Waals surface area contributed by atoms with Gasteiger partial charge in [0.1, 0.15) is 5.92 Å². The van der Waals surface area contributed by atoms with Gasteiger partial charge in [-0.1, -0.05) is 48.5 Å². The van der Waals surface area contributed by atoms with Crippen LogP contribution in [0.5, 0.6) is 0 Å². The molecule has 0 aliphatic carbocycles. The first kappa shape index (κ1) is 12.4. The second-order valence-electron chi connectivity index (χ2n) is 4.78. The van der Waals surface area contributed by atoms with Crippen LogP contribution in [0.25, 0.3) is 0 Å². The van der Waals surface area contributed by atoms with Gasteiger partial charge in [0, 0.05) is 11.6 Å². The smallest absolute Gasteiger partial charge is 0.317 e. The van der Waals surface area contributed by atoms with Gasteiger partial charge >= 0.3 is 5.97 Å². The summed E-state index contributed by atoms with van der Waals surface area (Å²) in [6, 6.07) is 16.6. The number of carbonyl (C=O) groups is 2. The lowest BCUT2D eigenvalue weighted by Crippen LogP contribution is -2.39. The third-order valence-electron chi connectivity index (χ3n) is 3.59. The highest BCUT2D eigenvalue weighted by Gasteiger charge is 2.41. The van der Waals surface area contributed by atoms with Gasteiger partial charge in [0.25, 0.3) is 0 Å². The Hall–Kier alpha value is -2.62. The molecule has 1 aliphatic rings. The van der Waals surface area contributed by atoms with E-state index in [-0.39, 0.29) is 0 Å². The largest absolute Gasteiger partial charge is 0.481 e. The number of carbonyl (C=O) groups excluding carboxylic acids is 1. The van der Waals surface area contributed by atoms with E-state index in [0.29, 0.717) is 5.69 Å². The van der Waals surface area contributed by atoms with E-state index in [4.69, 9.17) is 0 Å². The Morgan fingerprint density at radius 2 is 1.65 bits per heavy atom. The zero-order valence-electron chi connectivity index (χ0n) is 10.6. The highest BCUT2D eigenvalue weighted by Crippen LogP contribution is 2.40. The molecule has 2 atom stereocenters. The van der Waals surface area contributed by atoms with E-state index in [0.717, 1.165) is 11.1 Å². The maximum absolute atomic E-state index is 12.1. The van der Waals surface area contributed by atoms with Crippen LogP contribution in [0.2, 0.25) is 0 Å². The monoisotopic (exact) mass is 267 g/mol. The average molecular weight is 267 g/mol. The standard InChI is InChI=1S/C16H13NO3/c18-15-14(16(19)20)13(10-6-2-1-3-7-10)11-8-4-5-9-12(11)17-15/h1-9,13-14H,(H,17,18)(H,19,20). The molecule has 0 radical (unpaired) electrons. The molecular formula is C16H13NO3. The molecule has 2 aromatic rings. The first-order valence-corrected chi connectivity index (χ1v) is 6.36. The molecule has 100 valence electrons. The molecule has 4 heteroatoms. The van der Waals surface area contributed by atoms with Gasteiger partial charge in [0.15, 0.2) is 0 Å².